The van der Waals surface area contributed by atoms with Gasteiger partial charge in [-0.05, 0) is 80.3 Å². The van der Waals surface area contributed by atoms with Gasteiger partial charge in [0, 0.05) is 25.4 Å². The molecule has 11 nitrogen and oxygen atoms in total. The van der Waals surface area contributed by atoms with Crippen LogP contribution >= 0.6 is 0 Å². The molecule has 0 aromatic heterocycles. The molecule has 4 amide bonds. The second-order valence-electron chi connectivity index (χ2n) is 14.5. The minimum atomic E-state index is -0.926. The van der Waals surface area contributed by atoms with Crippen molar-refractivity contribution in [2.75, 3.05) is 6.61 Å². The number of hydrogen-bond acceptors (Lipinski definition) is 7. The summed E-state index contributed by atoms with van der Waals surface area (Å²) in [5.41, 5.74) is 2.70. The Hall–Kier alpha value is -4.90. The molecule has 5 rings (SSSR count). The predicted molar refractivity (Wildman–Crippen MR) is 193 cm³/mol. The van der Waals surface area contributed by atoms with Crippen LogP contribution in [0.5, 0.6) is 5.75 Å². The fourth-order valence-corrected chi connectivity index (χ4v) is 6.00. The molecule has 11 heteroatoms. The van der Waals surface area contributed by atoms with Gasteiger partial charge in [-0.15, -0.1) is 0 Å². The van der Waals surface area contributed by atoms with E-state index >= 15 is 0 Å². The van der Waals surface area contributed by atoms with Crippen molar-refractivity contribution in [3.8, 4) is 5.75 Å². The summed E-state index contributed by atoms with van der Waals surface area (Å²) in [7, 11) is 0. The zero-order valence-corrected chi connectivity index (χ0v) is 30.3. The van der Waals surface area contributed by atoms with Gasteiger partial charge in [0.25, 0.3) is 0 Å². The highest BCUT2D eigenvalue weighted by Gasteiger charge is 2.38. The molecule has 3 aromatic carbocycles. The molecular formula is C40H52N4O7. The summed E-state index contributed by atoms with van der Waals surface area (Å²) in [6.07, 6.45) is 0.908. The van der Waals surface area contributed by atoms with Crippen LogP contribution in [0, 0.1) is 17.8 Å². The first kappa shape index (κ1) is 38.9. The van der Waals surface area contributed by atoms with E-state index in [0.717, 1.165) is 22.3 Å². The number of hydroxylamine groups is 2. The summed E-state index contributed by atoms with van der Waals surface area (Å²) in [6, 6.07) is 23.1. The monoisotopic (exact) mass is 700 g/mol. The van der Waals surface area contributed by atoms with Crippen LogP contribution in [0.4, 0.5) is 4.79 Å². The highest BCUT2D eigenvalue weighted by atomic mass is 16.6. The van der Waals surface area contributed by atoms with E-state index in [-0.39, 0.29) is 31.3 Å². The number of ether oxygens (including phenoxy) is 2. The molecule has 0 radical (unpaired) electrons. The molecule has 3 aromatic rings. The number of benzene rings is 3. The van der Waals surface area contributed by atoms with E-state index in [1.165, 1.54) is 0 Å². The summed E-state index contributed by atoms with van der Waals surface area (Å²) < 4.78 is 11.2. The van der Waals surface area contributed by atoms with Crippen molar-refractivity contribution in [3.63, 3.8) is 0 Å². The van der Waals surface area contributed by atoms with Crippen LogP contribution < -0.4 is 20.7 Å². The van der Waals surface area contributed by atoms with Gasteiger partial charge in [0.1, 0.15) is 17.4 Å². The lowest BCUT2D eigenvalue weighted by Crippen LogP contribution is -2.52. The topological polar surface area (TPSA) is 146 Å². The van der Waals surface area contributed by atoms with Crippen molar-refractivity contribution in [2.45, 2.75) is 91.6 Å². The van der Waals surface area contributed by atoms with Crippen LogP contribution in [0.25, 0.3) is 0 Å². The number of carbonyl (C=O) groups is 4. The first-order valence-electron chi connectivity index (χ1n) is 17.7. The lowest BCUT2D eigenvalue weighted by Gasteiger charge is -2.31. The Bertz CT molecular complexity index is 1590. The van der Waals surface area contributed by atoms with E-state index in [4.69, 9.17) is 9.47 Å². The van der Waals surface area contributed by atoms with Crippen molar-refractivity contribution < 1.29 is 33.9 Å². The van der Waals surface area contributed by atoms with Gasteiger partial charge in [-0.3, -0.25) is 19.6 Å². The minimum Gasteiger partial charge on any atom is -0.494 e. The van der Waals surface area contributed by atoms with Crippen LogP contribution in [0.2, 0.25) is 0 Å². The van der Waals surface area contributed by atoms with Crippen molar-refractivity contribution in [2.24, 2.45) is 17.8 Å². The van der Waals surface area contributed by atoms with Crippen LogP contribution in [-0.4, -0.2) is 52.3 Å². The summed E-state index contributed by atoms with van der Waals surface area (Å²) in [6.45, 7) is 10.2. The van der Waals surface area contributed by atoms with Crippen LogP contribution in [-0.2, 0) is 45.2 Å². The Labute approximate surface area is 301 Å². The number of fused-ring (bicyclic) bond motifs is 11. The van der Waals surface area contributed by atoms with Crippen LogP contribution in [0.1, 0.15) is 76.1 Å². The first-order valence-corrected chi connectivity index (χ1v) is 17.7. The molecule has 3 atom stereocenters. The second-order valence-corrected chi connectivity index (χ2v) is 14.5. The van der Waals surface area contributed by atoms with Crippen LogP contribution in [0.15, 0.2) is 78.9 Å². The molecule has 51 heavy (non-hydrogen) atoms. The Kier molecular flexibility index (Phi) is 14.0. The SMILES string of the molecule is CC(C)C[C@H]1C(=O)N[C@H](C(=O)NCc2ccc(CNC(=O)OC(C)(C)C)cc2)Cc2ccc(cc2)OCCC[C@@H]1C(=O)N(O)Cc1ccccc1. The maximum atomic E-state index is 14.2. The molecule has 0 spiro atoms. The highest BCUT2D eigenvalue weighted by molar-refractivity contribution is 5.91. The van der Waals surface area contributed by atoms with E-state index in [1.54, 1.807) is 20.8 Å². The number of carbonyl (C=O) groups excluding carboxylic acids is 4. The molecule has 0 saturated carbocycles. The number of rotatable bonds is 10. The molecule has 2 heterocycles. The lowest BCUT2D eigenvalue weighted by atomic mass is 9.81. The van der Waals surface area contributed by atoms with Crippen molar-refractivity contribution in [1.82, 2.24) is 21.0 Å². The predicted octanol–water partition coefficient (Wildman–Crippen LogP) is 5.92. The fourth-order valence-electron chi connectivity index (χ4n) is 6.00. The summed E-state index contributed by atoms with van der Waals surface area (Å²) in [5.74, 6) is -2.21. The maximum absolute atomic E-state index is 14.2. The molecule has 0 fully saturated rings. The van der Waals surface area contributed by atoms with Gasteiger partial charge in [0.15, 0.2) is 0 Å². The van der Waals surface area contributed by atoms with E-state index in [2.05, 4.69) is 16.0 Å². The quantitative estimate of drug-likeness (QED) is 0.152. The van der Waals surface area contributed by atoms with E-state index in [0.29, 0.717) is 43.2 Å². The van der Waals surface area contributed by atoms with Crippen LogP contribution in [0.3, 0.4) is 0 Å². The summed E-state index contributed by atoms with van der Waals surface area (Å²) in [5, 5.41) is 20.3. The Morgan fingerprint density at radius 3 is 2.16 bits per heavy atom. The minimum absolute atomic E-state index is 0.0131. The summed E-state index contributed by atoms with van der Waals surface area (Å²) >= 11 is 0. The number of alkyl carbamates (subject to hydrolysis) is 1. The van der Waals surface area contributed by atoms with E-state index < -0.39 is 41.4 Å². The third kappa shape index (κ3) is 12.7. The van der Waals surface area contributed by atoms with Gasteiger partial charge >= 0.3 is 6.09 Å². The molecule has 0 saturated heterocycles. The van der Waals surface area contributed by atoms with Gasteiger partial charge in [0.05, 0.1) is 19.1 Å². The smallest absolute Gasteiger partial charge is 0.407 e. The highest BCUT2D eigenvalue weighted by Crippen LogP contribution is 2.29. The zero-order valence-electron chi connectivity index (χ0n) is 30.3. The van der Waals surface area contributed by atoms with Crippen molar-refractivity contribution >= 4 is 23.8 Å². The molecule has 2 bridgehead atoms. The Balaban J connectivity index is 1.50. The van der Waals surface area contributed by atoms with Gasteiger partial charge in [-0.1, -0.05) is 80.6 Å². The first-order chi connectivity index (χ1) is 24.3. The third-order valence-corrected chi connectivity index (χ3v) is 8.54. The number of nitrogens with one attached hydrogen (secondary N) is 3. The fraction of sp³-hybridized carbons (Fsp3) is 0.450. The van der Waals surface area contributed by atoms with E-state index in [1.807, 2.05) is 92.7 Å². The van der Waals surface area contributed by atoms with Gasteiger partial charge in [0.2, 0.25) is 17.7 Å². The average molecular weight is 701 g/mol. The third-order valence-electron chi connectivity index (χ3n) is 8.54. The average Bonchev–Trinajstić information content (AvgIpc) is 3.08. The Morgan fingerprint density at radius 1 is 0.922 bits per heavy atom. The molecule has 2 aliphatic rings. The van der Waals surface area contributed by atoms with E-state index in [9.17, 15) is 24.4 Å². The molecule has 274 valence electrons. The molecule has 0 aliphatic carbocycles. The van der Waals surface area contributed by atoms with Gasteiger partial charge in [-0.2, -0.15) is 0 Å². The number of amides is 4. The van der Waals surface area contributed by atoms with Crippen molar-refractivity contribution in [3.05, 3.63) is 101 Å². The maximum Gasteiger partial charge on any atom is 0.407 e. The normalized spacial score (nSPS) is 18.2. The van der Waals surface area contributed by atoms with Crippen molar-refractivity contribution in [1.29, 1.82) is 0 Å². The largest absolute Gasteiger partial charge is 0.494 e. The lowest BCUT2D eigenvalue weighted by molar-refractivity contribution is -0.176. The van der Waals surface area contributed by atoms with Gasteiger partial charge in [-0.25, -0.2) is 9.86 Å². The molecular weight excluding hydrogens is 648 g/mol. The molecule has 2 aliphatic heterocycles. The van der Waals surface area contributed by atoms with Gasteiger partial charge < -0.3 is 25.4 Å². The zero-order chi connectivity index (χ0) is 37.0. The standard InChI is InChI=1S/C40H52N4O7/c1-27(2)22-34-33(38(47)44(49)26-31-10-7-6-8-11-31)12-9-21-50-32-19-17-28(18-20-32)23-35(43-36(34)45)37(46)41-24-29-13-15-30(16-14-29)25-42-39(48)51-40(3,4)5/h6-8,10-11,13-20,27,33-35,49H,9,12,21-26H2,1-5H3,(H,41,46)(H,42,48)(H,43,45)/t33-,34+,35-/m0/s1. The molecule has 4 N–H and O–H groups in total. The number of nitrogens with zero attached hydrogens (tertiary/aromatic N) is 1. The molecule has 0 unspecified atom stereocenters. The summed E-state index contributed by atoms with van der Waals surface area (Å²) in [4.78, 5) is 53.8. The Morgan fingerprint density at radius 2 is 1.55 bits per heavy atom. The second kappa shape index (κ2) is 18.4. The number of hydrogen-bond donors (Lipinski definition) is 4.